The maximum Gasteiger partial charge on any atom is 0.148 e. The highest BCUT2D eigenvalue weighted by Crippen LogP contribution is 2.29. The molecule has 2 heterocycles. The molecular formula is C11H17BrN4O. The molecule has 6 heteroatoms. The fraction of sp³-hybridized carbons (Fsp3) is 0.636. The van der Waals surface area contributed by atoms with Gasteiger partial charge in [0.15, 0.2) is 0 Å². The van der Waals surface area contributed by atoms with Gasteiger partial charge in [0, 0.05) is 26.7 Å². The van der Waals surface area contributed by atoms with Gasteiger partial charge in [-0.25, -0.2) is 9.97 Å². The zero-order chi connectivity index (χ0) is 12.3. The van der Waals surface area contributed by atoms with Crippen molar-refractivity contribution < 1.29 is 4.74 Å². The van der Waals surface area contributed by atoms with Gasteiger partial charge in [-0.3, -0.25) is 0 Å². The largest absolute Gasteiger partial charge is 0.377 e. The van der Waals surface area contributed by atoms with E-state index < -0.39 is 0 Å². The van der Waals surface area contributed by atoms with Crippen LogP contribution >= 0.6 is 15.9 Å². The van der Waals surface area contributed by atoms with Gasteiger partial charge in [-0.05, 0) is 29.3 Å². The van der Waals surface area contributed by atoms with Crippen molar-refractivity contribution in [3.63, 3.8) is 0 Å². The highest BCUT2D eigenvalue weighted by Gasteiger charge is 2.19. The summed E-state index contributed by atoms with van der Waals surface area (Å²) in [4.78, 5) is 10.8. The molecule has 17 heavy (non-hydrogen) atoms. The van der Waals surface area contributed by atoms with Crippen molar-refractivity contribution in [3.05, 3.63) is 10.8 Å². The van der Waals surface area contributed by atoms with Crippen molar-refractivity contribution in [1.82, 2.24) is 9.97 Å². The molecule has 0 saturated carbocycles. The number of halogens is 1. The van der Waals surface area contributed by atoms with Crippen LogP contribution in [0.2, 0.25) is 0 Å². The van der Waals surface area contributed by atoms with Crippen LogP contribution in [0.1, 0.15) is 13.3 Å². The van der Waals surface area contributed by atoms with Crippen LogP contribution in [0.5, 0.6) is 0 Å². The van der Waals surface area contributed by atoms with Gasteiger partial charge in [-0.1, -0.05) is 0 Å². The molecule has 0 aliphatic carbocycles. The molecule has 0 amide bonds. The van der Waals surface area contributed by atoms with E-state index in [0.717, 1.165) is 42.2 Å². The van der Waals surface area contributed by atoms with Gasteiger partial charge in [-0.2, -0.15) is 0 Å². The second kappa shape index (κ2) is 5.64. The van der Waals surface area contributed by atoms with Crippen LogP contribution in [0.15, 0.2) is 10.8 Å². The molecule has 5 nitrogen and oxygen atoms in total. The lowest BCUT2D eigenvalue weighted by Crippen LogP contribution is -2.31. The monoisotopic (exact) mass is 300 g/mol. The molecule has 1 N–H and O–H groups in total. The molecule has 1 aliphatic heterocycles. The highest BCUT2D eigenvalue weighted by molar-refractivity contribution is 9.10. The molecule has 94 valence electrons. The SMILES string of the molecule is CNc1ncnc(N2CCCOC(C)C2)c1Br. The zero-order valence-corrected chi connectivity index (χ0v) is 11.7. The summed E-state index contributed by atoms with van der Waals surface area (Å²) in [7, 11) is 1.85. The molecule has 0 bridgehead atoms. The average molecular weight is 301 g/mol. The van der Waals surface area contributed by atoms with Crippen molar-refractivity contribution in [2.75, 3.05) is 37.0 Å². The zero-order valence-electron chi connectivity index (χ0n) is 10.1. The molecule has 1 aromatic rings. The van der Waals surface area contributed by atoms with E-state index in [1.807, 2.05) is 7.05 Å². The minimum atomic E-state index is 0.234. The van der Waals surface area contributed by atoms with E-state index in [4.69, 9.17) is 4.74 Å². The molecule has 1 aromatic heterocycles. The molecular weight excluding hydrogens is 284 g/mol. The maximum atomic E-state index is 5.63. The maximum absolute atomic E-state index is 5.63. The van der Waals surface area contributed by atoms with Gasteiger partial charge in [0.05, 0.1) is 6.10 Å². The first-order valence-corrected chi connectivity index (χ1v) is 6.56. The van der Waals surface area contributed by atoms with E-state index in [2.05, 4.69) is 43.0 Å². The summed E-state index contributed by atoms with van der Waals surface area (Å²) >= 11 is 3.55. The molecule has 1 saturated heterocycles. The quantitative estimate of drug-likeness (QED) is 0.904. The summed E-state index contributed by atoms with van der Waals surface area (Å²) in [6.45, 7) is 4.73. The number of rotatable bonds is 2. The average Bonchev–Trinajstić information content (AvgIpc) is 2.54. The molecule has 2 rings (SSSR count). The second-order valence-corrected chi connectivity index (χ2v) is 4.88. The van der Waals surface area contributed by atoms with Crippen molar-refractivity contribution >= 4 is 27.6 Å². The van der Waals surface area contributed by atoms with Crippen LogP contribution in [0, 0.1) is 0 Å². The molecule has 1 atom stereocenters. The van der Waals surface area contributed by atoms with E-state index >= 15 is 0 Å². The van der Waals surface area contributed by atoms with E-state index in [1.54, 1.807) is 6.33 Å². The van der Waals surface area contributed by atoms with E-state index in [0.29, 0.717) is 0 Å². The molecule has 1 fully saturated rings. The number of ether oxygens (including phenoxy) is 1. The van der Waals surface area contributed by atoms with Gasteiger partial charge >= 0.3 is 0 Å². The predicted molar refractivity (Wildman–Crippen MR) is 71.5 cm³/mol. The smallest absolute Gasteiger partial charge is 0.148 e. The Balaban J connectivity index is 2.25. The Morgan fingerprint density at radius 1 is 1.53 bits per heavy atom. The topological polar surface area (TPSA) is 50.3 Å². The van der Waals surface area contributed by atoms with Crippen LogP contribution < -0.4 is 10.2 Å². The number of hydrogen-bond acceptors (Lipinski definition) is 5. The lowest BCUT2D eigenvalue weighted by atomic mass is 10.3. The Kier molecular flexibility index (Phi) is 4.17. The number of nitrogens with zero attached hydrogens (tertiary/aromatic N) is 3. The Labute approximate surface area is 110 Å². The number of aromatic nitrogens is 2. The van der Waals surface area contributed by atoms with Crippen LogP contribution in [0.25, 0.3) is 0 Å². The fourth-order valence-corrected chi connectivity index (χ4v) is 2.60. The summed E-state index contributed by atoms with van der Waals surface area (Å²) in [5, 5.41) is 3.05. The van der Waals surface area contributed by atoms with Gasteiger partial charge in [-0.15, -0.1) is 0 Å². The molecule has 0 aromatic carbocycles. The number of nitrogens with one attached hydrogen (secondary N) is 1. The first-order chi connectivity index (χ1) is 8.22. The van der Waals surface area contributed by atoms with Gasteiger partial charge < -0.3 is 15.0 Å². The van der Waals surface area contributed by atoms with E-state index in [1.165, 1.54) is 0 Å². The third-order valence-electron chi connectivity index (χ3n) is 2.76. The van der Waals surface area contributed by atoms with Crippen molar-refractivity contribution in [3.8, 4) is 0 Å². The molecule has 1 unspecified atom stereocenters. The highest BCUT2D eigenvalue weighted by atomic mass is 79.9. The molecule has 1 aliphatic rings. The standard InChI is InChI=1S/C11H17BrN4O/c1-8-6-16(4-3-5-17-8)11-9(12)10(13-2)14-7-15-11/h7-8H,3-6H2,1-2H3,(H,13,14,15). The first-order valence-electron chi connectivity index (χ1n) is 5.77. The Bertz CT molecular complexity index is 388. The lowest BCUT2D eigenvalue weighted by molar-refractivity contribution is 0.0820. The van der Waals surface area contributed by atoms with Crippen molar-refractivity contribution in [2.45, 2.75) is 19.4 Å². The second-order valence-electron chi connectivity index (χ2n) is 4.09. The van der Waals surface area contributed by atoms with Gasteiger partial charge in [0.1, 0.15) is 22.4 Å². The van der Waals surface area contributed by atoms with Crippen molar-refractivity contribution in [2.24, 2.45) is 0 Å². The Morgan fingerprint density at radius 3 is 3.12 bits per heavy atom. The number of hydrogen-bond donors (Lipinski definition) is 1. The third-order valence-corrected chi connectivity index (χ3v) is 3.49. The predicted octanol–water partition coefficient (Wildman–Crippen LogP) is 1.90. The van der Waals surface area contributed by atoms with Crippen LogP contribution in [0.3, 0.4) is 0 Å². The molecule has 0 radical (unpaired) electrons. The molecule has 0 spiro atoms. The summed E-state index contributed by atoms with van der Waals surface area (Å²) in [5.41, 5.74) is 0. The summed E-state index contributed by atoms with van der Waals surface area (Å²) in [6.07, 6.45) is 2.84. The Hall–Kier alpha value is -0.880. The minimum absolute atomic E-state index is 0.234. The van der Waals surface area contributed by atoms with Crippen LogP contribution in [-0.4, -0.2) is 42.8 Å². The Morgan fingerprint density at radius 2 is 2.35 bits per heavy atom. The lowest BCUT2D eigenvalue weighted by Gasteiger charge is -2.24. The minimum Gasteiger partial charge on any atom is -0.377 e. The van der Waals surface area contributed by atoms with Crippen LogP contribution in [-0.2, 0) is 4.74 Å². The summed E-state index contributed by atoms with van der Waals surface area (Å²) in [5.74, 6) is 1.74. The van der Waals surface area contributed by atoms with Gasteiger partial charge in [0.2, 0.25) is 0 Å². The normalized spacial score (nSPS) is 21.1. The van der Waals surface area contributed by atoms with E-state index in [9.17, 15) is 0 Å². The van der Waals surface area contributed by atoms with E-state index in [-0.39, 0.29) is 6.10 Å². The number of anilines is 2. The van der Waals surface area contributed by atoms with Crippen molar-refractivity contribution in [1.29, 1.82) is 0 Å². The first kappa shape index (κ1) is 12.6. The third kappa shape index (κ3) is 2.87. The van der Waals surface area contributed by atoms with Crippen LogP contribution in [0.4, 0.5) is 11.6 Å². The van der Waals surface area contributed by atoms with Gasteiger partial charge in [0.25, 0.3) is 0 Å². The fourth-order valence-electron chi connectivity index (χ4n) is 1.94. The summed E-state index contributed by atoms with van der Waals surface area (Å²) < 4.78 is 6.55. The summed E-state index contributed by atoms with van der Waals surface area (Å²) in [6, 6.07) is 0.